The highest BCUT2D eigenvalue weighted by Gasteiger charge is 2.38. The third-order valence-corrected chi connectivity index (χ3v) is 9.20. The lowest BCUT2D eigenvalue weighted by molar-refractivity contribution is 0.0323. The summed E-state index contributed by atoms with van der Waals surface area (Å²) in [6.45, 7) is 4.22. The maximum atomic E-state index is 15.3. The van der Waals surface area contributed by atoms with Crippen molar-refractivity contribution < 1.29 is 27.1 Å². The number of hydrogen-bond donors (Lipinski definition) is 1. The summed E-state index contributed by atoms with van der Waals surface area (Å²) in [4.78, 5) is 14.8. The van der Waals surface area contributed by atoms with Gasteiger partial charge in [-0.2, -0.15) is 0 Å². The van der Waals surface area contributed by atoms with Crippen LogP contribution in [0.1, 0.15) is 21.5 Å². The van der Waals surface area contributed by atoms with Crippen molar-refractivity contribution in [2.24, 2.45) is 0 Å². The first-order valence-electron chi connectivity index (χ1n) is 10.7. The van der Waals surface area contributed by atoms with Crippen molar-refractivity contribution >= 4 is 44.6 Å². The lowest BCUT2D eigenvalue weighted by Gasteiger charge is -2.20. The molecule has 186 valence electrons. The lowest BCUT2D eigenvalue weighted by atomic mass is 10.0. The first-order chi connectivity index (χ1) is 16.6. The van der Waals surface area contributed by atoms with Crippen LogP contribution in [-0.2, 0) is 14.8 Å². The number of rotatable bonds is 7. The van der Waals surface area contributed by atoms with E-state index in [1.807, 2.05) is 32.0 Å². The molecule has 35 heavy (non-hydrogen) atoms. The summed E-state index contributed by atoms with van der Waals surface area (Å²) < 4.78 is 54.1. The molecule has 11 heteroatoms. The van der Waals surface area contributed by atoms with Crippen molar-refractivity contribution in [2.45, 2.75) is 30.3 Å². The highest BCUT2D eigenvalue weighted by Crippen LogP contribution is 2.33. The minimum absolute atomic E-state index is 0.0536. The van der Waals surface area contributed by atoms with Gasteiger partial charge in [-0.05, 0) is 48.6 Å². The smallest absolute Gasteiger partial charge is 0.273 e. The molecule has 0 bridgehead atoms. The van der Waals surface area contributed by atoms with Crippen LogP contribution in [0.25, 0.3) is 0 Å². The fraction of sp³-hybridized carbons (Fsp3) is 0.292. The van der Waals surface area contributed by atoms with Gasteiger partial charge in [-0.1, -0.05) is 35.9 Å². The van der Waals surface area contributed by atoms with E-state index in [4.69, 9.17) is 21.1 Å². The van der Waals surface area contributed by atoms with Crippen LogP contribution in [0.15, 0.2) is 52.1 Å². The highest BCUT2D eigenvalue weighted by atomic mass is 35.5. The number of aryl methyl sites for hydroxylation is 2. The average Bonchev–Trinajstić information content (AvgIpc) is 3.42. The van der Waals surface area contributed by atoms with Gasteiger partial charge in [0, 0.05) is 12.7 Å². The van der Waals surface area contributed by atoms with Crippen LogP contribution in [0.3, 0.4) is 0 Å². The maximum absolute atomic E-state index is 15.3. The number of sulfonamides is 1. The predicted molar refractivity (Wildman–Crippen MR) is 134 cm³/mol. The number of anilines is 1. The van der Waals surface area contributed by atoms with Gasteiger partial charge in [0.2, 0.25) is 0 Å². The monoisotopic (exact) mass is 538 g/mol. The fourth-order valence-electron chi connectivity index (χ4n) is 4.07. The Kier molecular flexibility index (Phi) is 7.37. The lowest BCUT2D eigenvalue weighted by Crippen LogP contribution is -2.32. The number of nitrogens with one attached hydrogen (secondary N) is 1. The normalized spacial score (nSPS) is 18.0. The Hall–Kier alpha value is -2.66. The van der Waals surface area contributed by atoms with Crippen LogP contribution < -0.4 is 9.46 Å². The van der Waals surface area contributed by atoms with E-state index in [0.29, 0.717) is 5.56 Å². The Balaban J connectivity index is 1.54. The van der Waals surface area contributed by atoms with Gasteiger partial charge in [0.25, 0.3) is 15.9 Å². The van der Waals surface area contributed by atoms with Gasteiger partial charge in [0.05, 0.1) is 23.8 Å². The topological polar surface area (TPSA) is 84.9 Å². The quantitative estimate of drug-likeness (QED) is 0.463. The van der Waals surface area contributed by atoms with Crippen LogP contribution in [0.2, 0.25) is 5.02 Å². The Morgan fingerprint density at radius 2 is 1.77 bits per heavy atom. The molecule has 4 rings (SSSR count). The summed E-state index contributed by atoms with van der Waals surface area (Å²) in [5.74, 6) is -1.18. The third-order valence-electron chi connectivity index (χ3n) is 5.81. The zero-order valence-electron chi connectivity index (χ0n) is 19.2. The number of likely N-dealkylation sites (tertiary alicyclic amines) is 1. The molecule has 1 saturated heterocycles. The van der Waals surface area contributed by atoms with E-state index < -0.39 is 28.0 Å². The molecule has 1 fully saturated rings. The van der Waals surface area contributed by atoms with E-state index in [1.54, 1.807) is 4.90 Å². The van der Waals surface area contributed by atoms with Gasteiger partial charge in [-0.15, -0.1) is 11.3 Å². The maximum Gasteiger partial charge on any atom is 0.273 e. The first kappa shape index (κ1) is 25.4. The fourth-order valence-corrected chi connectivity index (χ4v) is 6.81. The minimum atomic E-state index is -4.08. The van der Waals surface area contributed by atoms with E-state index in [-0.39, 0.29) is 39.7 Å². The molecule has 2 atom stereocenters. The number of amides is 1. The van der Waals surface area contributed by atoms with Gasteiger partial charge in [-0.3, -0.25) is 9.52 Å². The standard InChI is InChI=1S/C24H24ClFN2O5S2/c1-14-6-4-7-15(2)21(14)23(29)28-12-19(32-3)20(13-28)33-18-9-5-8-17(22(18)26)27-35(30,31)24-16(25)10-11-34-24/h4-11,19-20,27H,12-13H2,1-3H3. The second-order valence-electron chi connectivity index (χ2n) is 8.19. The summed E-state index contributed by atoms with van der Waals surface area (Å²) >= 11 is 6.86. The van der Waals surface area contributed by atoms with Gasteiger partial charge >= 0.3 is 0 Å². The molecule has 0 aliphatic carbocycles. The van der Waals surface area contributed by atoms with Gasteiger partial charge in [0.15, 0.2) is 15.8 Å². The van der Waals surface area contributed by atoms with Crippen molar-refractivity contribution in [1.82, 2.24) is 4.90 Å². The number of hydrogen-bond acceptors (Lipinski definition) is 6. The van der Waals surface area contributed by atoms with E-state index in [0.717, 1.165) is 22.5 Å². The molecule has 2 aromatic carbocycles. The number of nitrogens with zero attached hydrogens (tertiary/aromatic N) is 1. The Morgan fingerprint density at radius 3 is 2.40 bits per heavy atom. The SMILES string of the molecule is COC1CN(C(=O)c2c(C)cccc2C)CC1Oc1cccc(NS(=O)(=O)c2sccc2Cl)c1F. The highest BCUT2D eigenvalue weighted by molar-refractivity contribution is 7.94. The van der Waals surface area contributed by atoms with Crippen LogP contribution >= 0.6 is 22.9 Å². The van der Waals surface area contributed by atoms with E-state index in [9.17, 15) is 13.2 Å². The Labute approximate surface area is 212 Å². The molecule has 7 nitrogen and oxygen atoms in total. The number of methoxy groups -OCH3 is 1. The summed E-state index contributed by atoms with van der Waals surface area (Å²) in [6.07, 6.45) is -1.14. The van der Waals surface area contributed by atoms with Crippen molar-refractivity contribution in [3.63, 3.8) is 0 Å². The number of carbonyl (C=O) groups is 1. The van der Waals surface area contributed by atoms with Crippen LogP contribution in [0.4, 0.5) is 10.1 Å². The minimum Gasteiger partial charge on any atom is -0.483 e. The number of thiophene rings is 1. The molecule has 1 aromatic heterocycles. The molecule has 0 saturated carbocycles. The Morgan fingerprint density at radius 1 is 1.11 bits per heavy atom. The van der Waals surface area contributed by atoms with Crippen molar-refractivity contribution in [3.05, 3.63) is 75.4 Å². The van der Waals surface area contributed by atoms with Gasteiger partial charge in [0.1, 0.15) is 12.2 Å². The van der Waals surface area contributed by atoms with Crippen LogP contribution in [-0.4, -0.2) is 51.6 Å². The predicted octanol–water partition coefficient (Wildman–Crippen LogP) is 4.88. The van der Waals surface area contributed by atoms with E-state index in [2.05, 4.69) is 4.72 Å². The molecule has 2 heterocycles. The average molecular weight is 539 g/mol. The van der Waals surface area contributed by atoms with E-state index >= 15 is 4.39 Å². The second-order valence-corrected chi connectivity index (χ2v) is 11.4. The summed E-state index contributed by atoms with van der Waals surface area (Å²) in [5.41, 5.74) is 2.08. The van der Waals surface area contributed by atoms with Crippen LogP contribution in [0, 0.1) is 19.7 Å². The zero-order chi connectivity index (χ0) is 25.3. The molecule has 1 N–H and O–H groups in total. The molecule has 1 aliphatic heterocycles. The molecule has 0 spiro atoms. The van der Waals surface area contributed by atoms with Crippen molar-refractivity contribution in [3.8, 4) is 5.75 Å². The second kappa shape index (κ2) is 10.1. The number of carbonyl (C=O) groups excluding carboxylic acids is 1. The first-order valence-corrected chi connectivity index (χ1v) is 13.5. The molecule has 2 unspecified atom stereocenters. The van der Waals surface area contributed by atoms with Crippen LogP contribution in [0.5, 0.6) is 5.75 Å². The van der Waals surface area contributed by atoms with Crippen molar-refractivity contribution in [2.75, 3.05) is 24.9 Å². The molecule has 3 aromatic rings. The molecule has 1 amide bonds. The van der Waals surface area contributed by atoms with Gasteiger partial charge in [-0.25, -0.2) is 12.8 Å². The summed E-state index contributed by atoms with van der Waals surface area (Å²) in [7, 11) is -2.58. The Bertz CT molecular complexity index is 1340. The number of ether oxygens (including phenoxy) is 2. The largest absolute Gasteiger partial charge is 0.483 e. The molecule has 1 aliphatic rings. The van der Waals surface area contributed by atoms with Crippen molar-refractivity contribution in [1.29, 1.82) is 0 Å². The summed E-state index contributed by atoms with van der Waals surface area (Å²) in [5, 5.41) is 1.58. The molecular weight excluding hydrogens is 515 g/mol. The number of halogens is 2. The zero-order valence-corrected chi connectivity index (χ0v) is 21.6. The molecular formula is C24H24ClFN2O5S2. The summed E-state index contributed by atoms with van der Waals surface area (Å²) in [6, 6.07) is 11.3. The number of benzene rings is 2. The van der Waals surface area contributed by atoms with E-state index in [1.165, 1.54) is 36.8 Å². The van der Waals surface area contributed by atoms with Gasteiger partial charge < -0.3 is 14.4 Å². The molecule has 0 radical (unpaired) electrons. The third kappa shape index (κ3) is 5.16.